The number of amides is 1. The Balaban J connectivity index is -0.00000141. The lowest BCUT2D eigenvalue weighted by Gasteiger charge is -2.24. The molecule has 1 aliphatic rings. The minimum absolute atomic E-state index is 0.105. The molecule has 1 aromatic rings. The third-order valence-electron chi connectivity index (χ3n) is 6.35. The molecule has 0 heterocycles. The Morgan fingerprint density at radius 3 is 2.16 bits per heavy atom. The molecule has 0 spiro atoms. The van der Waals surface area contributed by atoms with Crippen molar-refractivity contribution in [3.8, 4) is 12.3 Å². The molecule has 0 radical (unpaired) electrons. The standard InChI is InChI=1S/C28H41FN2O3.C4H6.C2H4O.C2H6.CH5N/c1-5-12-23(20-33-28(32)31(4)19-22-13-10-11-16-26(22)29)27(30)21(3)17-18-24(6-2)34-25-14-8-7-9-15-25;1-3-4-2;1-2-3;2*1-2/h10-11,13,16-18,25H,5-9,12,14-15,19-20,30H2,1-4H3;1H,4H2,2H3;2H,1H3;1-2H3;2H2,1H3/b21-17+,24-18+,27-23+;;;;. The fraction of sp³-hybridized carbons (Fsp3) is 0.568. The Kier molecular flexibility index (Phi) is 32.4. The van der Waals surface area contributed by atoms with Crippen LogP contribution in [-0.2, 0) is 20.8 Å². The van der Waals surface area contributed by atoms with E-state index in [-0.39, 0.29) is 19.0 Å². The predicted molar refractivity (Wildman–Crippen MR) is 188 cm³/mol. The first-order valence-corrected chi connectivity index (χ1v) is 16.2. The molecule has 8 heteroatoms. The summed E-state index contributed by atoms with van der Waals surface area (Å²) in [7, 11) is 3.09. The molecule has 1 saturated carbocycles. The molecule has 45 heavy (non-hydrogen) atoms. The van der Waals surface area contributed by atoms with Crippen molar-refractivity contribution in [3.63, 3.8) is 0 Å². The zero-order valence-corrected chi connectivity index (χ0v) is 29.6. The third-order valence-corrected chi connectivity index (χ3v) is 6.35. The van der Waals surface area contributed by atoms with Crippen LogP contribution >= 0.6 is 0 Å². The Bertz CT molecular complexity index is 1040. The van der Waals surface area contributed by atoms with Gasteiger partial charge in [-0.05, 0) is 76.3 Å². The van der Waals surface area contributed by atoms with E-state index in [9.17, 15) is 9.18 Å². The number of rotatable bonds is 11. The van der Waals surface area contributed by atoms with Gasteiger partial charge in [0.1, 0.15) is 18.7 Å². The first-order valence-electron chi connectivity index (χ1n) is 16.2. The van der Waals surface area contributed by atoms with E-state index < -0.39 is 6.09 Å². The lowest BCUT2D eigenvalue weighted by molar-refractivity contribution is -0.106. The number of hydrogen-bond acceptors (Lipinski definition) is 6. The Morgan fingerprint density at radius 2 is 1.67 bits per heavy atom. The minimum atomic E-state index is -0.514. The van der Waals surface area contributed by atoms with Gasteiger partial charge in [0, 0.05) is 31.1 Å². The Labute approximate surface area is 274 Å². The van der Waals surface area contributed by atoms with Crippen molar-refractivity contribution in [3.05, 3.63) is 70.4 Å². The molecule has 0 unspecified atom stereocenters. The van der Waals surface area contributed by atoms with Crippen molar-refractivity contribution in [2.24, 2.45) is 11.5 Å². The zero-order chi connectivity index (χ0) is 35.0. The number of halogens is 1. The van der Waals surface area contributed by atoms with Crippen molar-refractivity contribution in [2.75, 3.05) is 20.7 Å². The van der Waals surface area contributed by atoms with E-state index in [2.05, 4.69) is 25.5 Å². The molecule has 0 aliphatic heterocycles. The number of allylic oxidation sites excluding steroid dienone is 4. The number of carbonyl (C=O) groups is 2. The summed E-state index contributed by atoms with van der Waals surface area (Å²) in [6, 6.07) is 6.40. The highest BCUT2D eigenvalue weighted by Crippen LogP contribution is 2.24. The van der Waals surface area contributed by atoms with Gasteiger partial charge in [-0.15, -0.1) is 12.3 Å². The van der Waals surface area contributed by atoms with E-state index in [4.69, 9.17) is 26.4 Å². The number of nitrogens with zero attached hydrogens (tertiary/aromatic N) is 1. The van der Waals surface area contributed by atoms with Crippen LogP contribution in [0.2, 0.25) is 0 Å². The topological polar surface area (TPSA) is 108 Å². The first-order chi connectivity index (χ1) is 21.7. The largest absolute Gasteiger partial charge is 0.495 e. The molecule has 0 aromatic heterocycles. The van der Waals surface area contributed by atoms with Gasteiger partial charge >= 0.3 is 6.09 Å². The van der Waals surface area contributed by atoms with Crippen molar-refractivity contribution in [1.29, 1.82) is 0 Å². The van der Waals surface area contributed by atoms with Gasteiger partial charge in [0.15, 0.2) is 0 Å². The van der Waals surface area contributed by atoms with Crippen molar-refractivity contribution in [1.82, 2.24) is 4.90 Å². The SMILES string of the molecule is C#CCC.CC.CC=O.CCC/C(COC(=O)N(C)Cc1ccccc1F)=C(N)/C(C)=C/C=C(\CC)OC1CCCCC1.CN. The molecule has 256 valence electrons. The second-order valence-corrected chi connectivity index (χ2v) is 9.78. The quantitative estimate of drug-likeness (QED) is 0.109. The lowest BCUT2D eigenvalue weighted by atomic mass is 9.98. The fourth-order valence-corrected chi connectivity index (χ4v) is 4.02. The van der Waals surface area contributed by atoms with Gasteiger partial charge in [0.25, 0.3) is 0 Å². The number of benzene rings is 1. The molecule has 1 aliphatic carbocycles. The number of nitrogens with two attached hydrogens (primary N) is 2. The highest BCUT2D eigenvalue weighted by Gasteiger charge is 2.16. The molecule has 1 aromatic carbocycles. The van der Waals surface area contributed by atoms with Crippen LogP contribution in [0, 0.1) is 18.2 Å². The highest BCUT2D eigenvalue weighted by molar-refractivity contribution is 5.67. The van der Waals surface area contributed by atoms with Crippen LogP contribution < -0.4 is 11.5 Å². The monoisotopic (exact) mass is 631 g/mol. The smallest absolute Gasteiger partial charge is 0.410 e. The number of hydrogen-bond donors (Lipinski definition) is 2. The number of terminal acetylenes is 1. The predicted octanol–water partition coefficient (Wildman–Crippen LogP) is 8.83. The fourth-order valence-electron chi connectivity index (χ4n) is 4.02. The highest BCUT2D eigenvalue weighted by atomic mass is 19.1. The van der Waals surface area contributed by atoms with Crippen LogP contribution in [0.3, 0.4) is 0 Å². The summed E-state index contributed by atoms with van der Waals surface area (Å²) in [6.45, 7) is 13.7. The van der Waals surface area contributed by atoms with Crippen molar-refractivity contribution < 1.29 is 23.5 Å². The molecular formula is C37H62FN3O4. The van der Waals surface area contributed by atoms with Gasteiger partial charge in [-0.25, -0.2) is 9.18 Å². The zero-order valence-electron chi connectivity index (χ0n) is 29.6. The number of aldehydes is 1. The number of carbonyl (C=O) groups excluding carboxylic acids is 2. The summed E-state index contributed by atoms with van der Waals surface area (Å²) in [4.78, 5) is 22.6. The van der Waals surface area contributed by atoms with Crippen LogP contribution in [0.5, 0.6) is 0 Å². The van der Waals surface area contributed by atoms with E-state index in [1.165, 1.54) is 44.2 Å². The second kappa shape index (κ2) is 31.8. The van der Waals surface area contributed by atoms with Gasteiger partial charge in [-0.1, -0.05) is 71.7 Å². The molecule has 4 N–H and O–H groups in total. The van der Waals surface area contributed by atoms with Crippen molar-refractivity contribution >= 4 is 12.4 Å². The maximum Gasteiger partial charge on any atom is 0.410 e. The maximum absolute atomic E-state index is 13.9. The normalized spacial score (nSPS) is 13.2. The van der Waals surface area contributed by atoms with E-state index in [1.54, 1.807) is 25.2 Å². The molecule has 7 nitrogen and oxygen atoms in total. The molecule has 0 saturated heterocycles. The average molecular weight is 632 g/mol. The van der Waals surface area contributed by atoms with Gasteiger partial charge in [-0.2, -0.15) is 0 Å². The first kappa shape index (κ1) is 45.9. The molecule has 1 amide bonds. The molecule has 0 atom stereocenters. The summed E-state index contributed by atoms with van der Waals surface area (Å²) in [5.74, 6) is 3.06. The van der Waals surface area contributed by atoms with E-state index in [0.717, 1.165) is 61.7 Å². The number of ether oxygens (including phenoxy) is 2. The van der Waals surface area contributed by atoms with E-state index in [0.29, 0.717) is 17.4 Å². The van der Waals surface area contributed by atoms with Gasteiger partial charge in [0.05, 0.1) is 18.4 Å². The lowest BCUT2D eigenvalue weighted by Crippen LogP contribution is -2.28. The van der Waals surface area contributed by atoms with Crippen LogP contribution in [0.25, 0.3) is 0 Å². The molecule has 2 rings (SSSR count). The van der Waals surface area contributed by atoms with Crippen molar-refractivity contribution in [2.45, 2.75) is 119 Å². The summed E-state index contributed by atoms with van der Waals surface area (Å²) in [5, 5.41) is 0. The molecular weight excluding hydrogens is 569 g/mol. The van der Waals surface area contributed by atoms with Crippen LogP contribution in [-0.4, -0.2) is 44.1 Å². The average Bonchev–Trinajstić information content (AvgIpc) is 3.08. The summed E-state index contributed by atoms with van der Waals surface area (Å²) >= 11 is 0. The summed E-state index contributed by atoms with van der Waals surface area (Å²) in [6.07, 6.45) is 18.6. The van der Waals surface area contributed by atoms with E-state index in [1.807, 2.05) is 39.8 Å². The Morgan fingerprint density at radius 1 is 1.11 bits per heavy atom. The maximum atomic E-state index is 13.9. The minimum Gasteiger partial charge on any atom is -0.495 e. The summed E-state index contributed by atoms with van der Waals surface area (Å²) in [5.41, 5.74) is 13.8. The summed E-state index contributed by atoms with van der Waals surface area (Å²) < 4.78 is 25.6. The van der Waals surface area contributed by atoms with E-state index >= 15 is 0 Å². The van der Waals surface area contributed by atoms with Crippen LogP contribution in [0.1, 0.15) is 112 Å². The molecule has 0 bridgehead atoms. The van der Waals surface area contributed by atoms with Crippen LogP contribution in [0.4, 0.5) is 9.18 Å². The van der Waals surface area contributed by atoms with Crippen LogP contribution in [0.15, 0.2) is 59.0 Å². The second-order valence-electron chi connectivity index (χ2n) is 9.78. The van der Waals surface area contributed by atoms with Gasteiger partial charge in [-0.3, -0.25) is 0 Å². The molecule has 1 fully saturated rings. The Hall–Kier alpha value is -3.57. The van der Waals surface area contributed by atoms with Gasteiger partial charge in [0.2, 0.25) is 0 Å². The van der Waals surface area contributed by atoms with Gasteiger partial charge < -0.3 is 30.6 Å². The third kappa shape index (κ3) is 22.6.